The van der Waals surface area contributed by atoms with Gasteiger partial charge in [0.2, 0.25) is 0 Å². The Kier molecular flexibility index (Phi) is 3.55. The fraction of sp³-hybridized carbons (Fsp3) is 0.400. The maximum absolute atomic E-state index is 11.5. The second kappa shape index (κ2) is 4.69. The van der Waals surface area contributed by atoms with E-state index in [9.17, 15) is 9.59 Å². The van der Waals surface area contributed by atoms with Gasteiger partial charge in [-0.25, -0.2) is 4.98 Å². The molecule has 1 amide bonds. The summed E-state index contributed by atoms with van der Waals surface area (Å²) in [7, 11) is 0. The standard InChI is InChI=1S/C10H13N3O3/c1-10(2,9(15)16)6-13-8(14)7-5-11-3-4-12-7/h3-5H,6H2,1-2H3,(H,13,14)(H,15,16). The van der Waals surface area contributed by atoms with Crippen LogP contribution in [0.3, 0.4) is 0 Å². The molecule has 86 valence electrons. The zero-order valence-corrected chi connectivity index (χ0v) is 9.10. The highest BCUT2D eigenvalue weighted by molar-refractivity contribution is 5.92. The normalized spacial score (nSPS) is 10.9. The Morgan fingerprint density at radius 2 is 2.12 bits per heavy atom. The number of nitrogens with one attached hydrogen (secondary N) is 1. The summed E-state index contributed by atoms with van der Waals surface area (Å²) in [5.41, 5.74) is -0.832. The molecule has 6 nitrogen and oxygen atoms in total. The van der Waals surface area contributed by atoms with Gasteiger partial charge < -0.3 is 10.4 Å². The number of amides is 1. The van der Waals surface area contributed by atoms with E-state index in [4.69, 9.17) is 5.11 Å². The van der Waals surface area contributed by atoms with E-state index >= 15 is 0 Å². The minimum absolute atomic E-state index is 0.0394. The minimum atomic E-state index is -1.00. The van der Waals surface area contributed by atoms with Crippen LogP contribution in [0.2, 0.25) is 0 Å². The molecule has 0 aliphatic heterocycles. The zero-order valence-electron chi connectivity index (χ0n) is 9.10. The highest BCUT2D eigenvalue weighted by atomic mass is 16.4. The number of nitrogens with zero attached hydrogens (tertiary/aromatic N) is 2. The van der Waals surface area contributed by atoms with Gasteiger partial charge in [0.25, 0.3) is 5.91 Å². The van der Waals surface area contributed by atoms with Crippen LogP contribution >= 0.6 is 0 Å². The Morgan fingerprint density at radius 3 is 2.62 bits per heavy atom. The summed E-state index contributed by atoms with van der Waals surface area (Å²) in [4.78, 5) is 29.8. The third-order valence-corrected chi connectivity index (χ3v) is 2.07. The minimum Gasteiger partial charge on any atom is -0.481 e. The molecule has 2 N–H and O–H groups in total. The molecule has 1 aromatic rings. The lowest BCUT2D eigenvalue weighted by Crippen LogP contribution is -2.39. The SMILES string of the molecule is CC(C)(CNC(=O)c1cnccn1)C(=O)O. The van der Waals surface area contributed by atoms with Gasteiger partial charge in [-0.15, -0.1) is 0 Å². The number of hydrogen-bond acceptors (Lipinski definition) is 4. The van der Waals surface area contributed by atoms with Crippen molar-refractivity contribution in [2.45, 2.75) is 13.8 Å². The van der Waals surface area contributed by atoms with Crippen LogP contribution in [0.25, 0.3) is 0 Å². The van der Waals surface area contributed by atoms with Gasteiger partial charge >= 0.3 is 5.97 Å². The van der Waals surface area contributed by atoms with Crippen molar-refractivity contribution in [1.29, 1.82) is 0 Å². The van der Waals surface area contributed by atoms with Gasteiger partial charge in [0.1, 0.15) is 5.69 Å². The van der Waals surface area contributed by atoms with E-state index in [2.05, 4.69) is 15.3 Å². The number of rotatable bonds is 4. The van der Waals surface area contributed by atoms with Gasteiger partial charge in [-0.05, 0) is 13.8 Å². The molecule has 0 saturated carbocycles. The molecule has 1 rings (SSSR count). The number of carboxylic acid groups (broad SMARTS) is 1. The highest BCUT2D eigenvalue weighted by Gasteiger charge is 2.27. The average Bonchev–Trinajstić information content (AvgIpc) is 2.27. The smallest absolute Gasteiger partial charge is 0.310 e. The van der Waals surface area contributed by atoms with Gasteiger partial charge in [-0.3, -0.25) is 14.6 Å². The fourth-order valence-electron chi connectivity index (χ4n) is 0.884. The van der Waals surface area contributed by atoms with E-state index in [0.717, 1.165) is 0 Å². The molecule has 6 heteroatoms. The zero-order chi connectivity index (χ0) is 12.2. The summed E-state index contributed by atoms with van der Waals surface area (Å²) >= 11 is 0. The van der Waals surface area contributed by atoms with Crippen molar-refractivity contribution >= 4 is 11.9 Å². The van der Waals surface area contributed by atoms with Crippen LogP contribution in [0.4, 0.5) is 0 Å². The molecule has 16 heavy (non-hydrogen) atoms. The van der Waals surface area contributed by atoms with Crippen molar-refractivity contribution in [3.63, 3.8) is 0 Å². The Bertz CT molecular complexity index is 390. The van der Waals surface area contributed by atoms with E-state index in [1.807, 2.05) is 0 Å². The summed E-state index contributed by atoms with van der Waals surface area (Å²) in [6, 6.07) is 0. The van der Waals surface area contributed by atoms with Crippen LogP contribution in [0, 0.1) is 5.41 Å². The van der Waals surface area contributed by atoms with Crippen LogP contribution in [0.1, 0.15) is 24.3 Å². The summed E-state index contributed by atoms with van der Waals surface area (Å²) in [6.07, 6.45) is 4.18. The lowest BCUT2D eigenvalue weighted by molar-refractivity contribution is -0.146. The van der Waals surface area contributed by atoms with Crippen molar-refractivity contribution in [3.8, 4) is 0 Å². The Labute approximate surface area is 92.7 Å². The first kappa shape index (κ1) is 12.1. The second-order valence-electron chi connectivity index (χ2n) is 3.96. The number of carboxylic acids is 1. The van der Waals surface area contributed by atoms with Gasteiger partial charge in [0, 0.05) is 18.9 Å². The molecule has 0 bridgehead atoms. The molecule has 0 saturated heterocycles. The number of carbonyl (C=O) groups is 2. The largest absolute Gasteiger partial charge is 0.481 e. The van der Waals surface area contributed by atoms with Crippen LogP contribution in [0.15, 0.2) is 18.6 Å². The Balaban J connectivity index is 2.58. The van der Waals surface area contributed by atoms with Crippen molar-refractivity contribution in [3.05, 3.63) is 24.3 Å². The molecule has 0 fully saturated rings. The summed E-state index contributed by atoms with van der Waals surface area (Å²) in [6.45, 7) is 3.11. The Hall–Kier alpha value is -1.98. The molecule has 0 radical (unpaired) electrons. The van der Waals surface area contributed by atoms with Crippen molar-refractivity contribution in [2.24, 2.45) is 5.41 Å². The molecular formula is C10H13N3O3. The maximum atomic E-state index is 11.5. The summed E-state index contributed by atoms with van der Waals surface area (Å²) in [5.74, 6) is -1.39. The van der Waals surface area contributed by atoms with Crippen molar-refractivity contribution < 1.29 is 14.7 Å². The van der Waals surface area contributed by atoms with Crippen LogP contribution in [-0.2, 0) is 4.79 Å². The number of aromatic nitrogens is 2. The first-order valence-corrected chi connectivity index (χ1v) is 4.71. The van der Waals surface area contributed by atoms with Crippen LogP contribution in [-0.4, -0.2) is 33.5 Å². The first-order valence-electron chi connectivity index (χ1n) is 4.71. The van der Waals surface area contributed by atoms with Gasteiger partial charge in [0.15, 0.2) is 0 Å². The lowest BCUT2D eigenvalue weighted by atomic mass is 9.94. The van der Waals surface area contributed by atoms with Crippen molar-refractivity contribution in [1.82, 2.24) is 15.3 Å². The number of hydrogen-bond donors (Lipinski definition) is 2. The van der Waals surface area contributed by atoms with Gasteiger partial charge in [-0.1, -0.05) is 0 Å². The molecular weight excluding hydrogens is 210 g/mol. The second-order valence-corrected chi connectivity index (χ2v) is 3.96. The van der Waals surface area contributed by atoms with Crippen LogP contribution in [0.5, 0.6) is 0 Å². The molecule has 1 heterocycles. The monoisotopic (exact) mass is 223 g/mol. The predicted molar refractivity (Wildman–Crippen MR) is 55.8 cm³/mol. The maximum Gasteiger partial charge on any atom is 0.310 e. The van der Waals surface area contributed by atoms with Crippen molar-refractivity contribution in [2.75, 3.05) is 6.54 Å². The topological polar surface area (TPSA) is 92.2 Å². The van der Waals surface area contributed by atoms with E-state index in [0.29, 0.717) is 0 Å². The van der Waals surface area contributed by atoms with Gasteiger partial charge in [0.05, 0.1) is 11.6 Å². The summed E-state index contributed by atoms with van der Waals surface area (Å²) < 4.78 is 0. The van der Waals surface area contributed by atoms with Gasteiger partial charge in [-0.2, -0.15) is 0 Å². The average molecular weight is 223 g/mol. The summed E-state index contributed by atoms with van der Waals surface area (Å²) in [5, 5.41) is 11.3. The molecule has 0 aromatic carbocycles. The fourth-order valence-corrected chi connectivity index (χ4v) is 0.884. The molecule has 0 unspecified atom stereocenters. The predicted octanol–water partition coefficient (Wildman–Crippen LogP) is 0.317. The molecule has 0 spiro atoms. The number of aliphatic carboxylic acids is 1. The highest BCUT2D eigenvalue weighted by Crippen LogP contribution is 2.13. The number of carbonyl (C=O) groups excluding carboxylic acids is 1. The molecule has 0 aliphatic carbocycles. The lowest BCUT2D eigenvalue weighted by Gasteiger charge is -2.19. The van der Waals surface area contributed by atoms with E-state index in [-0.39, 0.29) is 12.2 Å². The third-order valence-electron chi connectivity index (χ3n) is 2.07. The molecule has 1 aromatic heterocycles. The van der Waals surface area contributed by atoms with E-state index in [1.165, 1.54) is 32.4 Å². The Morgan fingerprint density at radius 1 is 1.44 bits per heavy atom. The van der Waals surface area contributed by atoms with E-state index in [1.54, 1.807) is 0 Å². The van der Waals surface area contributed by atoms with Crippen LogP contribution < -0.4 is 5.32 Å². The first-order chi connectivity index (χ1) is 7.43. The van der Waals surface area contributed by atoms with E-state index < -0.39 is 17.3 Å². The molecule has 0 atom stereocenters. The molecule has 0 aliphatic rings. The quantitative estimate of drug-likeness (QED) is 0.766. The third kappa shape index (κ3) is 3.01.